The van der Waals surface area contributed by atoms with Crippen LogP contribution in [0.25, 0.3) is 33.0 Å². The molecule has 6 rings (SSSR count). The maximum atomic E-state index is 14.8. The highest BCUT2D eigenvalue weighted by molar-refractivity contribution is 7.85. The Balaban J connectivity index is 1.11. The number of carbonyl (C=O) groups excluding carboxylic acids is 3. The minimum absolute atomic E-state index is 0.00240. The number of pyridine rings is 1. The number of esters is 1. The molecule has 0 aliphatic heterocycles. The lowest BCUT2D eigenvalue weighted by atomic mass is 10.0. The number of aromatic amines is 1. The maximum Gasteiger partial charge on any atom is 0.345 e. The van der Waals surface area contributed by atoms with Gasteiger partial charge in [0.05, 0.1) is 79.3 Å². The summed E-state index contributed by atoms with van der Waals surface area (Å²) < 4.78 is 84.4. The molecule has 2 amide bonds. The van der Waals surface area contributed by atoms with Crippen molar-refractivity contribution in [3.8, 4) is 17.2 Å². The van der Waals surface area contributed by atoms with Gasteiger partial charge in [-0.25, -0.2) is 23.0 Å². The Labute approximate surface area is 433 Å². The minimum atomic E-state index is -4.52. The van der Waals surface area contributed by atoms with E-state index in [1.54, 1.807) is 76.6 Å². The third-order valence-electron chi connectivity index (χ3n) is 11.9. The van der Waals surface area contributed by atoms with Crippen molar-refractivity contribution in [3.63, 3.8) is 0 Å². The van der Waals surface area contributed by atoms with E-state index in [1.165, 1.54) is 18.7 Å². The SMILES string of the molecule is COCCOCCOc1ccc2c(c1)c(C(=O)Oc1c(C)cc(C(=O)NCCOCCNC(=O)CCCc3nc4c([nH]3)c(=O)n(C)c(=O)n4C)cc1C)c1cc(OCCOCCOC)ccc1[n+]2CCCS(=O)(=O)[O-]. The summed E-state index contributed by atoms with van der Waals surface area (Å²) in [4.78, 5) is 72.5. The van der Waals surface area contributed by atoms with Gasteiger partial charge in [-0.05, 0) is 67.8 Å². The molecule has 0 saturated carbocycles. The zero-order chi connectivity index (χ0) is 54.1. The Kier molecular flexibility index (Phi) is 21.2. The van der Waals surface area contributed by atoms with Crippen molar-refractivity contribution in [2.45, 2.75) is 46.1 Å². The van der Waals surface area contributed by atoms with E-state index in [9.17, 15) is 36.9 Å². The van der Waals surface area contributed by atoms with Gasteiger partial charge in [-0.3, -0.25) is 23.5 Å². The van der Waals surface area contributed by atoms with E-state index in [0.717, 1.165) is 4.57 Å². The van der Waals surface area contributed by atoms with Crippen LogP contribution in [0, 0.1) is 13.8 Å². The lowest BCUT2D eigenvalue weighted by Crippen LogP contribution is -2.37. The second-order valence-electron chi connectivity index (χ2n) is 17.4. The summed E-state index contributed by atoms with van der Waals surface area (Å²) >= 11 is 0. The molecule has 24 heteroatoms. The molecule has 23 nitrogen and oxygen atoms in total. The smallest absolute Gasteiger partial charge is 0.345 e. The molecule has 406 valence electrons. The van der Waals surface area contributed by atoms with Crippen molar-refractivity contribution in [2.24, 2.45) is 14.1 Å². The normalized spacial score (nSPS) is 11.7. The molecule has 0 radical (unpaired) electrons. The van der Waals surface area contributed by atoms with E-state index in [1.807, 2.05) is 4.57 Å². The first-order valence-electron chi connectivity index (χ1n) is 24.4. The lowest BCUT2D eigenvalue weighted by molar-refractivity contribution is -0.645. The topological polar surface area (TPSA) is 283 Å². The highest BCUT2D eigenvalue weighted by atomic mass is 32.2. The average Bonchev–Trinajstić information content (AvgIpc) is 3.81. The van der Waals surface area contributed by atoms with Gasteiger partial charge in [0.25, 0.3) is 11.5 Å². The number of hydrogen-bond donors (Lipinski definition) is 3. The molecule has 0 aliphatic rings. The van der Waals surface area contributed by atoms with Gasteiger partial charge in [0.2, 0.25) is 16.9 Å². The van der Waals surface area contributed by atoms with Gasteiger partial charge in [0.15, 0.2) is 12.2 Å². The molecule has 75 heavy (non-hydrogen) atoms. The Morgan fingerprint density at radius 2 is 1.29 bits per heavy atom. The average molecular weight is 1060 g/mol. The van der Waals surface area contributed by atoms with Crippen LogP contribution >= 0.6 is 0 Å². The quantitative estimate of drug-likeness (QED) is 0.0141. The van der Waals surface area contributed by atoms with Gasteiger partial charge in [-0.2, -0.15) is 4.57 Å². The van der Waals surface area contributed by atoms with E-state index in [-0.39, 0.29) is 106 Å². The zero-order valence-electron chi connectivity index (χ0n) is 43.1. The summed E-state index contributed by atoms with van der Waals surface area (Å²) in [6.07, 6.45) is 1.05. The number of nitrogens with one attached hydrogen (secondary N) is 3. The van der Waals surface area contributed by atoms with Gasteiger partial charge < -0.3 is 58.1 Å². The highest BCUT2D eigenvalue weighted by Crippen LogP contribution is 2.33. The Morgan fingerprint density at radius 3 is 1.87 bits per heavy atom. The molecule has 0 saturated heterocycles. The molecular formula is C51H65N7O16S. The molecule has 0 bridgehead atoms. The van der Waals surface area contributed by atoms with E-state index < -0.39 is 33.1 Å². The number of methoxy groups -OCH3 is 2. The maximum absolute atomic E-state index is 14.8. The number of carbonyl (C=O) groups is 3. The Morgan fingerprint density at radius 1 is 0.733 bits per heavy atom. The fourth-order valence-electron chi connectivity index (χ4n) is 8.23. The summed E-state index contributed by atoms with van der Waals surface area (Å²) in [6, 6.07) is 13.6. The van der Waals surface area contributed by atoms with Crippen molar-refractivity contribution in [1.29, 1.82) is 0 Å². The van der Waals surface area contributed by atoms with Crippen LogP contribution in [0.3, 0.4) is 0 Å². The van der Waals surface area contributed by atoms with E-state index in [2.05, 4.69) is 20.6 Å². The van der Waals surface area contributed by atoms with Crippen LogP contribution in [0.4, 0.5) is 0 Å². The van der Waals surface area contributed by atoms with Crippen molar-refractivity contribution < 1.29 is 69.8 Å². The van der Waals surface area contributed by atoms with Crippen LogP contribution in [0.2, 0.25) is 0 Å². The minimum Gasteiger partial charge on any atom is -0.748 e. The van der Waals surface area contributed by atoms with Crippen molar-refractivity contribution in [1.82, 2.24) is 29.7 Å². The highest BCUT2D eigenvalue weighted by Gasteiger charge is 2.28. The summed E-state index contributed by atoms with van der Waals surface area (Å²) in [7, 11) is 1.56. The van der Waals surface area contributed by atoms with E-state index in [0.29, 0.717) is 95.1 Å². The number of hydrogen-bond acceptors (Lipinski definition) is 17. The van der Waals surface area contributed by atoms with Gasteiger partial charge >= 0.3 is 11.7 Å². The third-order valence-corrected chi connectivity index (χ3v) is 12.7. The third kappa shape index (κ3) is 15.9. The van der Waals surface area contributed by atoms with Crippen molar-refractivity contribution >= 4 is 60.9 Å². The molecule has 0 spiro atoms. The largest absolute Gasteiger partial charge is 0.748 e. The van der Waals surface area contributed by atoms with Gasteiger partial charge in [0.1, 0.15) is 41.8 Å². The number of H-pyrrole nitrogens is 1. The molecule has 3 aromatic heterocycles. The first-order chi connectivity index (χ1) is 36.0. The number of aryl methyl sites for hydroxylation is 5. The number of rotatable bonds is 31. The monoisotopic (exact) mass is 1060 g/mol. The summed E-state index contributed by atoms with van der Waals surface area (Å²) in [5.41, 5.74) is 2.10. The van der Waals surface area contributed by atoms with Crippen molar-refractivity contribution in [2.75, 3.05) is 99.1 Å². The molecule has 3 heterocycles. The number of benzene rings is 3. The molecular weight excluding hydrogens is 999 g/mol. The lowest BCUT2D eigenvalue weighted by Gasteiger charge is -2.17. The molecule has 3 N–H and O–H groups in total. The first kappa shape index (κ1) is 57.5. The fourth-order valence-corrected chi connectivity index (χ4v) is 8.71. The first-order valence-corrected chi connectivity index (χ1v) is 26.0. The summed E-state index contributed by atoms with van der Waals surface area (Å²) in [6.45, 7) is 6.85. The fraction of sp³-hybridized carbons (Fsp3) is 0.471. The number of aromatic nitrogens is 5. The molecule has 6 aromatic rings. The van der Waals surface area contributed by atoms with Gasteiger partial charge in [0, 0.05) is 84.1 Å². The molecule has 0 unspecified atom stereocenters. The van der Waals surface area contributed by atoms with Crippen LogP contribution in [0.15, 0.2) is 58.1 Å². The number of nitrogens with zero attached hydrogens (tertiary/aromatic N) is 4. The predicted octanol–water partition coefficient (Wildman–Crippen LogP) is 2.29. The van der Waals surface area contributed by atoms with E-state index in [4.69, 9.17) is 37.9 Å². The number of imidazole rings is 1. The summed E-state index contributed by atoms with van der Waals surface area (Å²) in [5, 5.41) is 6.44. The van der Waals surface area contributed by atoms with E-state index >= 15 is 0 Å². The molecule has 3 aromatic carbocycles. The number of ether oxygens (including phenoxy) is 8. The Hall–Kier alpha value is -6.80. The predicted molar refractivity (Wildman–Crippen MR) is 274 cm³/mol. The summed E-state index contributed by atoms with van der Waals surface area (Å²) in [5.74, 6) is -0.352. The zero-order valence-corrected chi connectivity index (χ0v) is 43.9. The van der Waals surface area contributed by atoms with Gasteiger partial charge in [-0.15, -0.1) is 0 Å². The standard InChI is InChI=1S/C51H65N7O16S/c1-33-29-35(48(60)53-16-19-69-18-15-52-43(59)10-7-9-42-54-45-47(55-42)56(3)51(63)57(4)49(45)61)30-34(2)46(33)74-50(62)44-38-31-36(72-26-24-70-22-20-67-5)11-13-40(38)58(17-8-28-75(64,65)66)41-14-12-37(32-39(41)44)73-27-25-71-23-21-68-6/h11-14,29-32H,7-10,15-28H2,1-6H3,(H3-,52,53,54,55,59,60,61,64,65,66). The molecule has 0 aliphatic carbocycles. The van der Waals surface area contributed by atoms with Crippen LogP contribution in [-0.2, 0) is 65.7 Å². The van der Waals surface area contributed by atoms with Crippen LogP contribution in [0.1, 0.15) is 56.9 Å². The molecule has 0 atom stereocenters. The Bertz CT molecular complexity index is 3110. The second-order valence-corrected chi connectivity index (χ2v) is 18.9. The second kappa shape index (κ2) is 27.7. The molecule has 0 fully saturated rings. The van der Waals surface area contributed by atoms with Crippen LogP contribution < -0.4 is 40.7 Å². The van der Waals surface area contributed by atoms with Crippen LogP contribution in [0.5, 0.6) is 17.2 Å². The number of fused-ring (bicyclic) bond motifs is 3. The van der Waals surface area contributed by atoms with Crippen molar-refractivity contribution in [3.05, 3.63) is 97.4 Å². The number of amides is 2. The van der Waals surface area contributed by atoms with Crippen LogP contribution in [-0.4, -0.2) is 149 Å². The van der Waals surface area contributed by atoms with Gasteiger partial charge in [-0.1, -0.05) is 0 Å².